The Bertz CT molecular complexity index is 343. The predicted molar refractivity (Wildman–Crippen MR) is 73.7 cm³/mol. The first-order valence-corrected chi connectivity index (χ1v) is 6.46. The van der Waals surface area contributed by atoms with Crippen LogP contribution in [0.5, 0.6) is 5.75 Å². The fourth-order valence-corrected chi connectivity index (χ4v) is 1.97. The molecule has 0 aliphatic heterocycles. The average Bonchev–Trinajstić information content (AvgIpc) is 2.09. The second-order valence-electron chi connectivity index (χ2n) is 4.46. The topological polar surface area (TPSA) is 9.23 Å². The third-order valence-corrected chi connectivity index (χ3v) is 3.44. The van der Waals surface area contributed by atoms with Crippen LogP contribution in [0.2, 0.25) is 0 Å². The first kappa shape index (κ1) is 12.8. The molecule has 0 N–H and O–H groups in total. The van der Waals surface area contributed by atoms with Gasteiger partial charge in [-0.15, -0.1) is 0 Å². The van der Waals surface area contributed by atoms with E-state index >= 15 is 0 Å². The Kier molecular flexibility index (Phi) is 4.44. The van der Waals surface area contributed by atoms with Crippen molar-refractivity contribution in [1.29, 1.82) is 0 Å². The van der Waals surface area contributed by atoms with E-state index in [0.717, 1.165) is 5.75 Å². The molecule has 0 amide bonds. The summed E-state index contributed by atoms with van der Waals surface area (Å²) in [6.45, 7) is 10.7. The zero-order chi connectivity index (χ0) is 11.6. The zero-order valence-corrected chi connectivity index (χ0v) is 12.3. The van der Waals surface area contributed by atoms with Crippen LogP contribution in [0.25, 0.3) is 0 Å². The van der Waals surface area contributed by atoms with Gasteiger partial charge in [0, 0.05) is 3.57 Å². The van der Waals surface area contributed by atoms with Crippen molar-refractivity contribution in [3.63, 3.8) is 0 Å². The second-order valence-corrected chi connectivity index (χ2v) is 5.62. The van der Waals surface area contributed by atoms with Gasteiger partial charge in [0.1, 0.15) is 5.75 Å². The summed E-state index contributed by atoms with van der Waals surface area (Å²) < 4.78 is 7.15. The van der Waals surface area contributed by atoms with E-state index in [1.165, 1.54) is 14.7 Å². The van der Waals surface area contributed by atoms with Crippen molar-refractivity contribution in [1.82, 2.24) is 0 Å². The fourth-order valence-electron chi connectivity index (χ4n) is 1.48. The van der Waals surface area contributed by atoms with Crippen LogP contribution in [0.15, 0.2) is 12.1 Å². The molecule has 1 aromatic carbocycles. The van der Waals surface area contributed by atoms with E-state index in [2.05, 4.69) is 69.3 Å². The van der Waals surface area contributed by atoms with Crippen molar-refractivity contribution < 1.29 is 4.74 Å². The molecule has 0 bridgehead atoms. The summed E-state index contributed by atoms with van der Waals surface area (Å²) >= 11 is 2.38. The SMILES string of the molecule is Cc1cc(OC(C)C)c(C(C)C)cc1I. The highest BCUT2D eigenvalue weighted by molar-refractivity contribution is 14.1. The number of ether oxygens (including phenoxy) is 1. The largest absolute Gasteiger partial charge is 0.491 e. The maximum atomic E-state index is 5.84. The molecule has 0 spiro atoms. The van der Waals surface area contributed by atoms with Crippen LogP contribution in [0.1, 0.15) is 44.7 Å². The summed E-state index contributed by atoms with van der Waals surface area (Å²) in [5, 5.41) is 0. The summed E-state index contributed by atoms with van der Waals surface area (Å²) in [5.74, 6) is 1.55. The van der Waals surface area contributed by atoms with Crippen LogP contribution < -0.4 is 4.74 Å². The van der Waals surface area contributed by atoms with E-state index in [9.17, 15) is 0 Å². The Morgan fingerprint density at radius 3 is 2.20 bits per heavy atom. The van der Waals surface area contributed by atoms with Gasteiger partial charge < -0.3 is 4.74 Å². The van der Waals surface area contributed by atoms with Crippen molar-refractivity contribution in [2.24, 2.45) is 0 Å². The summed E-state index contributed by atoms with van der Waals surface area (Å²) in [6, 6.07) is 4.38. The van der Waals surface area contributed by atoms with E-state index in [0.29, 0.717) is 5.92 Å². The predicted octanol–water partition coefficient (Wildman–Crippen LogP) is 4.51. The first-order valence-electron chi connectivity index (χ1n) is 5.38. The lowest BCUT2D eigenvalue weighted by atomic mass is 10.0. The van der Waals surface area contributed by atoms with Gasteiger partial charge in [0.25, 0.3) is 0 Å². The van der Waals surface area contributed by atoms with E-state index in [4.69, 9.17) is 4.74 Å². The van der Waals surface area contributed by atoms with Crippen LogP contribution in [0, 0.1) is 10.5 Å². The molecule has 0 aliphatic carbocycles. The van der Waals surface area contributed by atoms with Crippen molar-refractivity contribution in [2.75, 3.05) is 0 Å². The maximum absolute atomic E-state index is 5.84. The molecule has 0 heterocycles. The number of aryl methyl sites for hydroxylation is 1. The summed E-state index contributed by atoms with van der Waals surface area (Å²) in [5.41, 5.74) is 2.59. The van der Waals surface area contributed by atoms with E-state index in [-0.39, 0.29) is 6.10 Å². The van der Waals surface area contributed by atoms with Gasteiger partial charge in [-0.2, -0.15) is 0 Å². The summed E-state index contributed by atoms with van der Waals surface area (Å²) in [6.07, 6.45) is 0.238. The average molecular weight is 318 g/mol. The van der Waals surface area contributed by atoms with E-state index < -0.39 is 0 Å². The Hall–Kier alpha value is -0.250. The molecule has 15 heavy (non-hydrogen) atoms. The van der Waals surface area contributed by atoms with Gasteiger partial charge in [-0.1, -0.05) is 13.8 Å². The minimum absolute atomic E-state index is 0.238. The number of hydrogen-bond acceptors (Lipinski definition) is 1. The highest BCUT2D eigenvalue weighted by atomic mass is 127. The quantitative estimate of drug-likeness (QED) is 0.745. The van der Waals surface area contributed by atoms with Gasteiger partial charge >= 0.3 is 0 Å². The molecule has 84 valence electrons. The monoisotopic (exact) mass is 318 g/mol. The molecule has 1 nitrogen and oxygen atoms in total. The van der Waals surface area contributed by atoms with Crippen molar-refractivity contribution in [2.45, 2.75) is 46.6 Å². The third kappa shape index (κ3) is 3.37. The minimum atomic E-state index is 0.238. The van der Waals surface area contributed by atoms with Gasteiger partial charge in [0.05, 0.1) is 6.10 Å². The highest BCUT2D eigenvalue weighted by Gasteiger charge is 2.11. The molecule has 0 radical (unpaired) electrons. The minimum Gasteiger partial charge on any atom is -0.491 e. The molecule has 1 rings (SSSR count). The van der Waals surface area contributed by atoms with Gasteiger partial charge in [-0.25, -0.2) is 0 Å². The second kappa shape index (κ2) is 5.19. The molecule has 1 aromatic rings. The Morgan fingerprint density at radius 2 is 1.73 bits per heavy atom. The molecule has 0 aromatic heterocycles. The Labute approximate surface area is 106 Å². The van der Waals surface area contributed by atoms with Crippen LogP contribution in [-0.4, -0.2) is 6.10 Å². The van der Waals surface area contributed by atoms with Crippen molar-refractivity contribution in [3.8, 4) is 5.75 Å². The lowest BCUT2D eigenvalue weighted by Gasteiger charge is -2.18. The Balaban J connectivity index is 3.16. The van der Waals surface area contributed by atoms with Gasteiger partial charge in [0.15, 0.2) is 0 Å². The first-order chi connectivity index (χ1) is 6.91. The number of rotatable bonds is 3. The molecule has 0 aliphatic rings. The summed E-state index contributed by atoms with van der Waals surface area (Å²) in [7, 11) is 0. The maximum Gasteiger partial charge on any atom is 0.123 e. The molecular weight excluding hydrogens is 299 g/mol. The van der Waals surface area contributed by atoms with Gasteiger partial charge in [-0.05, 0) is 72.5 Å². The van der Waals surface area contributed by atoms with E-state index in [1.54, 1.807) is 0 Å². The van der Waals surface area contributed by atoms with Crippen molar-refractivity contribution >= 4 is 22.6 Å². The third-order valence-electron chi connectivity index (χ3n) is 2.28. The standard InChI is InChI=1S/C13H19IO/c1-8(2)11-7-12(14)10(5)6-13(11)15-9(3)4/h6-9H,1-5H3. The fraction of sp³-hybridized carbons (Fsp3) is 0.538. The van der Waals surface area contributed by atoms with Crippen molar-refractivity contribution in [3.05, 3.63) is 26.8 Å². The molecule has 0 saturated heterocycles. The molecule has 0 unspecified atom stereocenters. The van der Waals surface area contributed by atoms with E-state index in [1.807, 2.05) is 0 Å². The molecule has 0 fully saturated rings. The lowest BCUT2D eigenvalue weighted by Crippen LogP contribution is -2.08. The van der Waals surface area contributed by atoms with Gasteiger partial charge in [0.2, 0.25) is 0 Å². The van der Waals surface area contributed by atoms with Crippen LogP contribution in [0.3, 0.4) is 0 Å². The molecule has 0 saturated carbocycles. The zero-order valence-electron chi connectivity index (χ0n) is 10.1. The normalized spacial score (nSPS) is 11.2. The number of halogens is 1. The highest BCUT2D eigenvalue weighted by Crippen LogP contribution is 2.31. The molecule has 2 heteroatoms. The molecule has 0 atom stereocenters. The lowest BCUT2D eigenvalue weighted by molar-refractivity contribution is 0.239. The van der Waals surface area contributed by atoms with Gasteiger partial charge in [-0.3, -0.25) is 0 Å². The number of hydrogen-bond donors (Lipinski definition) is 0. The number of benzene rings is 1. The van der Waals surface area contributed by atoms with Crippen LogP contribution >= 0.6 is 22.6 Å². The summed E-state index contributed by atoms with van der Waals surface area (Å²) in [4.78, 5) is 0. The smallest absolute Gasteiger partial charge is 0.123 e. The van der Waals surface area contributed by atoms with Crippen LogP contribution in [-0.2, 0) is 0 Å². The molecular formula is C13H19IO. The Morgan fingerprint density at radius 1 is 1.13 bits per heavy atom. The van der Waals surface area contributed by atoms with Crippen LogP contribution in [0.4, 0.5) is 0 Å².